The molecule has 39 heavy (non-hydrogen) atoms. The van der Waals surface area contributed by atoms with Crippen LogP contribution in [0.15, 0.2) is 61.2 Å². The molecule has 4 heterocycles. The van der Waals surface area contributed by atoms with Gasteiger partial charge in [-0.05, 0) is 39.4 Å². The number of piperazine rings is 1. The van der Waals surface area contributed by atoms with E-state index in [9.17, 15) is 4.79 Å². The maximum atomic E-state index is 12.3. The maximum absolute atomic E-state index is 12.3. The highest BCUT2D eigenvalue weighted by molar-refractivity contribution is 5.70. The molecule has 0 spiro atoms. The highest BCUT2D eigenvalue weighted by atomic mass is 16.6. The molecule has 1 fully saturated rings. The van der Waals surface area contributed by atoms with Crippen molar-refractivity contribution < 1.29 is 9.53 Å². The summed E-state index contributed by atoms with van der Waals surface area (Å²) in [7, 11) is 2.13. The van der Waals surface area contributed by atoms with Crippen LogP contribution in [0, 0.1) is 0 Å². The van der Waals surface area contributed by atoms with Crippen molar-refractivity contribution in [2.75, 3.05) is 50.0 Å². The SMILES string of the molecule is CN1CCN(c2nccn3c(-c4ccnc(NC(CNC(=O)OC(C)(C)C)c5ccccc5)n4)cnc23)CC1. The molecule has 11 nitrogen and oxygen atoms in total. The van der Waals surface area contributed by atoms with Crippen molar-refractivity contribution in [2.24, 2.45) is 0 Å². The molecule has 1 atom stereocenters. The number of amides is 1. The molecule has 4 aromatic rings. The van der Waals surface area contributed by atoms with Gasteiger partial charge in [-0.1, -0.05) is 30.3 Å². The number of rotatable bonds is 7. The number of nitrogens with one attached hydrogen (secondary N) is 2. The number of ether oxygens (including phenoxy) is 1. The average molecular weight is 530 g/mol. The van der Waals surface area contributed by atoms with Gasteiger partial charge in [-0.3, -0.25) is 4.40 Å². The lowest BCUT2D eigenvalue weighted by atomic mass is 10.1. The minimum atomic E-state index is -0.578. The normalized spacial score (nSPS) is 15.2. The van der Waals surface area contributed by atoms with Gasteiger partial charge in [-0.2, -0.15) is 0 Å². The Bertz CT molecular complexity index is 1410. The monoisotopic (exact) mass is 529 g/mol. The molecule has 0 aliphatic carbocycles. The van der Waals surface area contributed by atoms with Crippen molar-refractivity contribution >= 4 is 23.5 Å². The van der Waals surface area contributed by atoms with E-state index < -0.39 is 11.7 Å². The van der Waals surface area contributed by atoms with Gasteiger partial charge in [-0.15, -0.1) is 0 Å². The number of benzene rings is 1. The molecule has 204 valence electrons. The number of carbonyl (C=O) groups is 1. The Balaban J connectivity index is 1.38. The molecule has 1 saturated heterocycles. The van der Waals surface area contributed by atoms with Crippen molar-refractivity contribution in [3.63, 3.8) is 0 Å². The summed E-state index contributed by atoms with van der Waals surface area (Å²) in [6, 6.07) is 11.4. The zero-order valence-electron chi connectivity index (χ0n) is 22.8. The van der Waals surface area contributed by atoms with Gasteiger partial charge >= 0.3 is 6.09 Å². The van der Waals surface area contributed by atoms with Crippen LogP contribution in [0.5, 0.6) is 0 Å². The molecule has 5 rings (SSSR count). The summed E-state index contributed by atoms with van der Waals surface area (Å²) in [5.41, 5.74) is 2.78. The molecule has 3 aromatic heterocycles. The van der Waals surface area contributed by atoms with Crippen LogP contribution in [-0.4, -0.2) is 80.7 Å². The zero-order valence-corrected chi connectivity index (χ0v) is 22.8. The van der Waals surface area contributed by atoms with Crippen LogP contribution in [-0.2, 0) is 4.74 Å². The average Bonchev–Trinajstić information content (AvgIpc) is 3.36. The fourth-order valence-electron chi connectivity index (χ4n) is 4.50. The number of carbonyl (C=O) groups excluding carboxylic acids is 1. The first kappa shape index (κ1) is 26.4. The first-order valence-corrected chi connectivity index (χ1v) is 13.1. The van der Waals surface area contributed by atoms with Gasteiger partial charge in [-0.25, -0.2) is 24.7 Å². The van der Waals surface area contributed by atoms with E-state index in [1.165, 1.54) is 0 Å². The van der Waals surface area contributed by atoms with Gasteiger partial charge in [0.05, 0.1) is 23.6 Å². The van der Waals surface area contributed by atoms with Crippen LogP contribution in [0.2, 0.25) is 0 Å². The van der Waals surface area contributed by atoms with E-state index >= 15 is 0 Å². The molecular weight excluding hydrogens is 494 g/mol. The van der Waals surface area contributed by atoms with Gasteiger partial charge < -0.3 is 25.2 Å². The Morgan fingerprint density at radius 3 is 2.54 bits per heavy atom. The largest absolute Gasteiger partial charge is 0.444 e. The second-order valence-electron chi connectivity index (χ2n) is 10.6. The van der Waals surface area contributed by atoms with Crippen LogP contribution in [0.3, 0.4) is 0 Å². The molecule has 0 bridgehead atoms. The minimum Gasteiger partial charge on any atom is -0.444 e. The molecule has 0 radical (unpaired) electrons. The minimum absolute atomic E-state index is 0.274. The molecule has 0 saturated carbocycles. The number of hydrogen-bond acceptors (Lipinski definition) is 9. The smallest absolute Gasteiger partial charge is 0.407 e. The van der Waals surface area contributed by atoms with Crippen molar-refractivity contribution in [1.82, 2.24) is 34.6 Å². The van der Waals surface area contributed by atoms with E-state index in [2.05, 4.69) is 37.4 Å². The number of anilines is 2. The first-order chi connectivity index (χ1) is 18.8. The highest BCUT2D eigenvalue weighted by Crippen LogP contribution is 2.26. The maximum Gasteiger partial charge on any atom is 0.407 e. The van der Waals surface area contributed by atoms with Crippen LogP contribution in [0.1, 0.15) is 32.4 Å². The second-order valence-corrected chi connectivity index (χ2v) is 10.6. The van der Waals surface area contributed by atoms with Crippen LogP contribution in [0.25, 0.3) is 17.0 Å². The number of aromatic nitrogens is 5. The lowest BCUT2D eigenvalue weighted by molar-refractivity contribution is 0.0525. The third-order valence-electron chi connectivity index (χ3n) is 6.48. The van der Waals surface area contributed by atoms with Gasteiger partial charge in [0, 0.05) is 51.3 Å². The Labute approximate surface area is 228 Å². The number of hydrogen-bond donors (Lipinski definition) is 2. The van der Waals surface area contributed by atoms with Gasteiger partial charge in [0.15, 0.2) is 11.5 Å². The predicted octanol–water partition coefficient (Wildman–Crippen LogP) is 3.62. The van der Waals surface area contributed by atoms with Gasteiger partial charge in [0.25, 0.3) is 0 Å². The summed E-state index contributed by atoms with van der Waals surface area (Å²) in [4.78, 5) is 35.5. The molecule has 1 amide bonds. The molecule has 1 aliphatic rings. The summed E-state index contributed by atoms with van der Waals surface area (Å²) >= 11 is 0. The lowest BCUT2D eigenvalue weighted by Crippen LogP contribution is -2.45. The van der Waals surface area contributed by atoms with E-state index in [1.54, 1.807) is 12.4 Å². The van der Waals surface area contributed by atoms with E-state index in [0.717, 1.165) is 54.6 Å². The molecular formula is C28H35N9O2. The summed E-state index contributed by atoms with van der Waals surface area (Å²) < 4.78 is 7.43. The zero-order chi connectivity index (χ0) is 27.4. The third kappa shape index (κ3) is 6.43. The van der Waals surface area contributed by atoms with Crippen molar-refractivity contribution in [3.05, 3.63) is 66.7 Å². The van der Waals surface area contributed by atoms with Crippen molar-refractivity contribution in [3.8, 4) is 11.4 Å². The molecule has 2 N–H and O–H groups in total. The quantitative estimate of drug-likeness (QED) is 0.371. The lowest BCUT2D eigenvalue weighted by Gasteiger charge is -2.33. The molecule has 11 heteroatoms. The summed E-state index contributed by atoms with van der Waals surface area (Å²) in [6.45, 7) is 9.60. The Morgan fingerprint density at radius 2 is 1.79 bits per heavy atom. The number of alkyl carbamates (subject to hydrolysis) is 1. The number of nitrogens with zero attached hydrogens (tertiary/aromatic N) is 7. The van der Waals surface area contributed by atoms with Gasteiger partial charge in [0.1, 0.15) is 5.60 Å². The van der Waals surface area contributed by atoms with Crippen LogP contribution >= 0.6 is 0 Å². The first-order valence-electron chi connectivity index (χ1n) is 13.1. The Hall–Kier alpha value is -4.25. The summed E-state index contributed by atoms with van der Waals surface area (Å²) in [5, 5.41) is 6.24. The number of likely N-dealkylation sites (N-methyl/N-ethyl adjacent to an activating group) is 1. The topological polar surface area (TPSA) is 113 Å². The number of fused-ring (bicyclic) bond motifs is 1. The van der Waals surface area contributed by atoms with E-state index in [1.807, 2.05) is 74.0 Å². The fourth-order valence-corrected chi connectivity index (χ4v) is 4.50. The van der Waals surface area contributed by atoms with Crippen LogP contribution < -0.4 is 15.5 Å². The van der Waals surface area contributed by atoms with Crippen molar-refractivity contribution in [2.45, 2.75) is 32.4 Å². The molecule has 1 aromatic carbocycles. The Kier molecular flexibility index (Phi) is 7.60. The highest BCUT2D eigenvalue weighted by Gasteiger charge is 2.21. The van der Waals surface area contributed by atoms with E-state index in [4.69, 9.17) is 14.7 Å². The number of imidazole rings is 1. The third-order valence-corrected chi connectivity index (χ3v) is 6.48. The Morgan fingerprint density at radius 1 is 1.03 bits per heavy atom. The van der Waals surface area contributed by atoms with E-state index in [0.29, 0.717) is 12.5 Å². The van der Waals surface area contributed by atoms with Crippen LogP contribution in [0.4, 0.5) is 16.6 Å². The second kappa shape index (κ2) is 11.2. The van der Waals surface area contributed by atoms with Gasteiger partial charge in [0.2, 0.25) is 5.95 Å². The summed E-state index contributed by atoms with van der Waals surface area (Å²) in [5.74, 6) is 1.32. The van der Waals surface area contributed by atoms with E-state index in [-0.39, 0.29) is 6.04 Å². The molecule has 1 aliphatic heterocycles. The molecule has 1 unspecified atom stereocenters. The fraction of sp³-hybridized carbons (Fsp3) is 0.393. The predicted molar refractivity (Wildman–Crippen MR) is 151 cm³/mol. The summed E-state index contributed by atoms with van der Waals surface area (Å²) in [6.07, 6.45) is 6.77. The van der Waals surface area contributed by atoms with Crippen molar-refractivity contribution in [1.29, 1.82) is 0 Å². The standard InChI is InChI=1S/C28H35N9O2/c1-28(2,3)39-27(38)32-18-22(20-8-6-5-7-9-20)34-26-30-11-10-21(33-26)23-19-31-25-24(29-12-13-37(23)25)36-16-14-35(4)15-17-36/h5-13,19,22H,14-18H2,1-4H3,(H,32,38)(H,30,33,34).